The number of carboxylic acid groups (broad SMARTS) is 1. The molecule has 2 N–H and O–H groups in total. The second-order valence-corrected chi connectivity index (χ2v) is 5.72. The van der Waals surface area contributed by atoms with Crippen molar-refractivity contribution >= 4 is 12.1 Å². The number of hydrogen-bond acceptors (Lipinski definition) is 3. The number of hydrogen-bond donors (Lipinski definition) is 2. The van der Waals surface area contributed by atoms with Crippen LogP contribution in [-0.4, -0.2) is 27.8 Å². The van der Waals surface area contributed by atoms with Crippen molar-refractivity contribution < 1.29 is 19.4 Å². The number of ether oxygens (including phenoxy) is 1. The van der Waals surface area contributed by atoms with Gasteiger partial charge < -0.3 is 19.7 Å². The summed E-state index contributed by atoms with van der Waals surface area (Å²) in [5.74, 6) is -0.882. The highest BCUT2D eigenvalue weighted by atomic mass is 16.5. The van der Waals surface area contributed by atoms with Gasteiger partial charge in [0.2, 0.25) is 0 Å². The van der Waals surface area contributed by atoms with E-state index in [0.29, 0.717) is 12.8 Å². The van der Waals surface area contributed by atoms with E-state index in [1.54, 1.807) is 0 Å². The van der Waals surface area contributed by atoms with Gasteiger partial charge in [0.25, 0.3) is 0 Å². The third-order valence-electron chi connectivity index (χ3n) is 3.62. The van der Waals surface area contributed by atoms with Gasteiger partial charge in [0.15, 0.2) is 0 Å². The molecular formula is C18H22N2O4. The molecule has 0 aliphatic heterocycles. The summed E-state index contributed by atoms with van der Waals surface area (Å²) in [6.45, 7) is 0.184. The van der Waals surface area contributed by atoms with E-state index in [-0.39, 0.29) is 19.1 Å². The van der Waals surface area contributed by atoms with Crippen LogP contribution in [-0.2, 0) is 29.6 Å². The van der Waals surface area contributed by atoms with Crippen LogP contribution in [0.5, 0.6) is 0 Å². The van der Waals surface area contributed by atoms with Crippen molar-refractivity contribution in [3.05, 3.63) is 59.9 Å². The summed E-state index contributed by atoms with van der Waals surface area (Å²) >= 11 is 0. The van der Waals surface area contributed by atoms with Gasteiger partial charge in [-0.1, -0.05) is 30.3 Å². The minimum Gasteiger partial charge on any atom is -0.481 e. The molecule has 0 saturated heterocycles. The zero-order valence-corrected chi connectivity index (χ0v) is 13.6. The lowest BCUT2D eigenvalue weighted by atomic mass is 10.0. The van der Waals surface area contributed by atoms with Crippen LogP contribution in [0.3, 0.4) is 0 Å². The first-order valence-corrected chi connectivity index (χ1v) is 7.83. The summed E-state index contributed by atoms with van der Waals surface area (Å²) in [6.07, 6.45) is 4.24. The van der Waals surface area contributed by atoms with Gasteiger partial charge in [-0.05, 0) is 30.0 Å². The maximum absolute atomic E-state index is 12.0. The van der Waals surface area contributed by atoms with Crippen molar-refractivity contribution in [1.29, 1.82) is 0 Å². The molecule has 0 aliphatic rings. The second-order valence-electron chi connectivity index (χ2n) is 5.72. The molecule has 6 heteroatoms. The molecule has 24 heavy (non-hydrogen) atoms. The van der Waals surface area contributed by atoms with Crippen molar-refractivity contribution in [3.63, 3.8) is 0 Å². The van der Waals surface area contributed by atoms with Crippen LogP contribution in [0, 0.1) is 0 Å². The Morgan fingerprint density at radius 3 is 2.58 bits per heavy atom. The normalized spacial score (nSPS) is 11.7. The first kappa shape index (κ1) is 17.6. The summed E-state index contributed by atoms with van der Waals surface area (Å²) in [5, 5.41) is 11.6. The molecule has 0 aliphatic carbocycles. The SMILES string of the molecule is Cn1ccc(CC(CCC(=O)O)NC(=O)OCc2ccccc2)c1. The van der Waals surface area contributed by atoms with Gasteiger partial charge in [-0.2, -0.15) is 0 Å². The van der Waals surface area contributed by atoms with E-state index in [1.165, 1.54) is 0 Å². The Balaban J connectivity index is 1.88. The Kier molecular flexibility index (Phi) is 6.42. The van der Waals surface area contributed by atoms with Gasteiger partial charge in [0.05, 0.1) is 0 Å². The summed E-state index contributed by atoms with van der Waals surface area (Å²) in [4.78, 5) is 22.8. The standard InChI is InChI=1S/C18H22N2O4/c1-20-10-9-15(12-20)11-16(7-8-17(21)22)19-18(23)24-13-14-5-3-2-4-6-14/h2-6,9-10,12,16H,7-8,11,13H2,1H3,(H,19,23)(H,21,22). The lowest BCUT2D eigenvalue weighted by molar-refractivity contribution is -0.137. The van der Waals surface area contributed by atoms with Crippen molar-refractivity contribution in [2.24, 2.45) is 7.05 Å². The Hall–Kier alpha value is -2.76. The van der Waals surface area contributed by atoms with Crippen LogP contribution in [0.25, 0.3) is 0 Å². The minimum atomic E-state index is -0.882. The number of nitrogens with one attached hydrogen (secondary N) is 1. The molecule has 128 valence electrons. The average Bonchev–Trinajstić information content (AvgIpc) is 2.96. The molecule has 0 fully saturated rings. The molecule has 1 atom stereocenters. The lowest BCUT2D eigenvalue weighted by Gasteiger charge is -2.17. The topological polar surface area (TPSA) is 80.6 Å². The smallest absolute Gasteiger partial charge is 0.407 e. The monoisotopic (exact) mass is 330 g/mol. The summed E-state index contributed by atoms with van der Waals surface area (Å²) < 4.78 is 7.12. The number of aromatic nitrogens is 1. The largest absolute Gasteiger partial charge is 0.481 e. The Morgan fingerprint density at radius 1 is 1.21 bits per heavy atom. The molecule has 1 heterocycles. The highest BCUT2D eigenvalue weighted by molar-refractivity contribution is 5.68. The highest BCUT2D eigenvalue weighted by Crippen LogP contribution is 2.09. The van der Waals surface area contributed by atoms with Crippen molar-refractivity contribution in [1.82, 2.24) is 9.88 Å². The van der Waals surface area contributed by atoms with E-state index in [1.807, 2.05) is 60.4 Å². The third kappa shape index (κ3) is 6.16. The van der Waals surface area contributed by atoms with Gasteiger partial charge >= 0.3 is 12.1 Å². The van der Waals surface area contributed by atoms with Crippen LogP contribution in [0.4, 0.5) is 4.79 Å². The summed E-state index contributed by atoms with van der Waals surface area (Å²) in [5.41, 5.74) is 1.94. The number of carbonyl (C=O) groups is 2. The number of nitrogens with zero attached hydrogens (tertiary/aromatic N) is 1. The minimum absolute atomic E-state index is 0.00351. The highest BCUT2D eigenvalue weighted by Gasteiger charge is 2.16. The first-order valence-electron chi connectivity index (χ1n) is 7.83. The van der Waals surface area contributed by atoms with Crippen LogP contribution in [0.1, 0.15) is 24.0 Å². The molecule has 0 bridgehead atoms. The van der Waals surface area contributed by atoms with E-state index in [4.69, 9.17) is 9.84 Å². The predicted octanol–water partition coefficient (Wildman–Crippen LogP) is 2.73. The number of amides is 1. The number of rotatable bonds is 8. The van der Waals surface area contributed by atoms with Gasteiger partial charge in [0.1, 0.15) is 6.61 Å². The van der Waals surface area contributed by atoms with Crippen molar-refractivity contribution in [2.75, 3.05) is 0 Å². The van der Waals surface area contributed by atoms with E-state index < -0.39 is 12.1 Å². The zero-order valence-electron chi connectivity index (χ0n) is 13.6. The van der Waals surface area contributed by atoms with E-state index in [0.717, 1.165) is 11.1 Å². The third-order valence-corrected chi connectivity index (χ3v) is 3.62. The Bertz CT molecular complexity index is 667. The summed E-state index contributed by atoms with van der Waals surface area (Å²) in [7, 11) is 1.91. The fraction of sp³-hybridized carbons (Fsp3) is 0.333. The molecule has 0 spiro atoms. The Labute approximate surface area is 141 Å². The molecule has 1 unspecified atom stereocenters. The van der Waals surface area contributed by atoms with Crippen LogP contribution < -0.4 is 5.32 Å². The predicted molar refractivity (Wildman–Crippen MR) is 89.5 cm³/mol. The molecular weight excluding hydrogens is 308 g/mol. The number of benzene rings is 1. The summed E-state index contributed by atoms with van der Waals surface area (Å²) in [6, 6.07) is 11.1. The molecule has 0 saturated carbocycles. The number of alkyl carbamates (subject to hydrolysis) is 1. The molecule has 1 aromatic carbocycles. The van der Waals surface area contributed by atoms with E-state index >= 15 is 0 Å². The van der Waals surface area contributed by atoms with Crippen LogP contribution in [0.15, 0.2) is 48.8 Å². The first-order chi connectivity index (χ1) is 11.5. The van der Waals surface area contributed by atoms with Gasteiger partial charge in [0, 0.05) is 31.9 Å². The van der Waals surface area contributed by atoms with Gasteiger partial charge in [-0.25, -0.2) is 4.79 Å². The molecule has 6 nitrogen and oxygen atoms in total. The van der Waals surface area contributed by atoms with Gasteiger partial charge in [-0.15, -0.1) is 0 Å². The number of carboxylic acids is 1. The fourth-order valence-corrected chi connectivity index (χ4v) is 2.42. The fourth-order valence-electron chi connectivity index (χ4n) is 2.42. The second kappa shape index (κ2) is 8.76. The van der Waals surface area contributed by atoms with Crippen LogP contribution >= 0.6 is 0 Å². The van der Waals surface area contributed by atoms with Crippen molar-refractivity contribution in [3.8, 4) is 0 Å². The number of aliphatic carboxylic acids is 1. The maximum atomic E-state index is 12.0. The van der Waals surface area contributed by atoms with Crippen molar-refractivity contribution in [2.45, 2.75) is 31.9 Å². The van der Waals surface area contributed by atoms with Crippen LogP contribution in [0.2, 0.25) is 0 Å². The quantitative estimate of drug-likeness (QED) is 0.780. The Morgan fingerprint density at radius 2 is 1.96 bits per heavy atom. The lowest BCUT2D eigenvalue weighted by Crippen LogP contribution is -2.37. The van der Waals surface area contributed by atoms with Gasteiger partial charge in [-0.3, -0.25) is 4.79 Å². The van der Waals surface area contributed by atoms with E-state index in [2.05, 4.69) is 5.32 Å². The van der Waals surface area contributed by atoms with E-state index in [9.17, 15) is 9.59 Å². The zero-order chi connectivity index (χ0) is 17.4. The number of carbonyl (C=O) groups excluding carboxylic acids is 1. The maximum Gasteiger partial charge on any atom is 0.407 e. The molecule has 1 aromatic heterocycles. The number of aryl methyl sites for hydroxylation is 1. The molecule has 2 rings (SSSR count). The molecule has 1 amide bonds. The average molecular weight is 330 g/mol. The molecule has 0 radical (unpaired) electrons. The molecule has 2 aromatic rings.